The first-order chi connectivity index (χ1) is 16.6. The Morgan fingerprint density at radius 1 is 1.00 bits per heavy atom. The van der Waals surface area contributed by atoms with Gasteiger partial charge in [-0.05, 0) is 76.5 Å². The number of imide groups is 2. The lowest BCUT2D eigenvalue weighted by Crippen LogP contribution is -2.54. The van der Waals surface area contributed by atoms with Gasteiger partial charge in [-0.2, -0.15) is 0 Å². The van der Waals surface area contributed by atoms with Crippen molar-refractivity contribution >= 4 is 84.7 Å². The second-order valence-corrected chi connectivity index (χ2v) is 10.2. The maximum absolute atomic E-state index is 13.3. The van der Waals surface area contributed by atoms with E-state index >= 15 is 0 Å². The zero-order valence-electron chi connectivity index (χ0n) is 18.1. The molecular formula is C25H16Br2Cl2N2O4. The molecule has 35 heavy (non-hydrogen) atoms. The molecule has 1 fully saturated rings. The van der Waals surface area contributed by atoms with E-state index in [2.05, 4.69) is 37.2 Å². The Morgan fingerprint density at radius 3 is 2.40 bits per heavy atom. The molecule has 0 aliphatic carbocycles. The van der Waals surface area contributed by atoms with Gasteiger partial charge in [0.1, 0.15) is 17.9 Å². The summed E-state index contributed by atoms with van der Waals surface area (Å²) >= 11 is 19.0. The van der Waals surface area contributed by atoms with E-state index in [1.54, 1.807) is 43.3 Å². The van der Waals surface area contributed by atoms with Crippen LogP contribution >= 0.6 is 55.1 Å². The first-order valence-electron chi connectivity index (χ1n) is 10.2. The fourth-order valence-electron chi connectivity index (χ4n) is 3.34. The minimum atomic E-state index is -0.855. The SMILES string of the molecule is Cc1ccc(N2C(=O)NC(=O)/C(=C\c3cc(Br)cc(Br)c3OCc3ccc(Cl)cc3)C2=O)cc1Cl. The van der Waals surface area contributed by atoms with Crippen LogP contribution in [0.3, 0.4) is 0 Å². The van der Waals surface area contributed by atoms with Gasteiger partial charge in [0.2, 0.25) is 0 Å². The normalized spacial score (nSPS) is 14.9. The second kappa shape index (κ2) is 10.5. The van der Waals surface area contributed by atoms with Gasteiger partial charge in [-0.3, -0.25) is 14.9 Å². The fraction of sp³-hybridized carbons (Fsp3) is 0.0800. The number of benzene rings is 3. The van der Waals surface area contributed by atoms with Gasteiger partial charge >= 0.3 is 6.03 Å². The average Bonchev–Trinajstić information content (AvgIpc) is 2.79. The third-order valence-corrected chi connectivity index (χ3v) is 6.85. The molecule has 0 unspecified atom stereocenters. The summed E-state index contributed by atoms with van der Waals surface area (Å²) in [5.41, 5.74) is 2.13. The lowest BCUT2D eigenvalue weighted by atomic mass is 10.1. The molecule has 0 aromatic heterocycles. The number of aryl methyl sites for hydroxylation is 1. The minimum absolute atomic E-state index is 0.222. The van der Waals surface area contributed by atoms with Crippen molar-refractivity contribution in [3.05, 3.63) is 95.9 Å². The Labute approximate surface area is 228 Å². The largest absolute Gasteiger partial charge is 0.487 e. The monoisotopic (exact) mass is 636 g/mol. The quantitative estimate of drug-likeness (QED) is 0.240. The van der Waals surface area contributed by atoms with Crippen LogP contribution < -0.4 is 15.0 Å². The molecule has 0 atom stereocenters. The molecule has 1 saturated heterocycles. The molecule has 6 nitrogen and oxygen atoms in total. The number of anilines is 1. The van der Waals surface area contributed by atoms with E-state index in [9.17, 15) is 14.4 Å². The minimum Gasteiger partial charge on any atom is -0.487 e. The average molecular weight is 639 g/mol. The lowest BCUT2D eigenvalue weighted by Gasteiger charge is -2.26. The summed E-state index contributed by atoms with van der Waals surface area (Å²) in [5, 5.41) is 3.21. The predicted octanol–water partition coefficient (Wildman–Crippen LogP) is 7.07. The molecule has 178 valence electrons. The van der Waals surface area contributed by atoms with Gasteiger partial charge in [0.15, 0.2) is 0 Å². The fourth-order valence-corrected chi connectivity index (χ4v) is 5.02. The highest BCUT2D eigenvalue weighted by molar-refractivity contribution is 9.11. The number of nitrogens with one attached hydrogen (secondary N) is 1. The third kappa shape index (κ3) is 5.62. The number of rotatable bonds is 5. The number of nitrogens with zero attached hydrogens (tertiary/aromatic N) is 1. The number of carbonyl (C=O) groups is 3. The molecular weight excluding hydrogens is 623 g/mol. The number of halogens is 4. The summed E-state index contributed by atoms with van der Waals surface area (Å²) < 4.78 is 7.32. The predicted molar refractivity (Wildman–Crippen MR) is 143 cm³/mol. The van der Waals surface area contributed by atoms with Gasteiger partial charge < -0.3 is 4.74 Å². The van der Waals surface area contributed by atoms with Crippen LogP contribution in [0.4, 0.5) is 10.5 Å². The van der Waals surface area contributed by atoms with Gasteiger partial charge in [0.05, 0.1) is 10.2 Å². The summed E-state index contributed by atoms with van der Waals surface area (Å²) in [6.45, 7) is 2.02. The first kappa shape index (κ1) is 25.4. The van der Waals surface area contributed by atoms with Crippen molar-refractivity contribution in [1.29, 1.82) is 0 Å². The van der Waals surface area contributed by atoms with E-state index in [-0.39, 0.29) is 17.9 Å². The van der Waals surface area contributed by atoms with E-state index in [1.807, 2.05) is 12.1 Å². The number of hydrogen-bond acceptors (Lipinski definition) is 4. The van der Waals surface area contributed by atoms with Crippen LogP contribution in [-0.2, 0) is 16.2 Å². The van der Waals surface area contributed by atoms with Crippen molar-refractivity contribution in [2.75, 3.05) is 4.90 Å². The van der Waals surface area contributed by atoms with Crippen molar-refractivity contribution in [2.45, 2.75) is 13.5 Å². The van der Waals surface area contributed by atoms with Crippen LogP contribution in [0.1, 0.15) is 16.7 Å². The molecule has 4 rings (SSSR count). The van der Waals surface area contributed by atoms with Gasteiger partial charge in [-0.1, -0.05) is 57.3 Å². The zero-order chi connectivity index (χ0) is 25.3. The van der Waals surface area contributed by atoms with Gasteiger partial charge in [0.25, 0.3) is 11.8 Å². The number of hydrogen-bond donors (Lipinski definition) is 1. The second-order valence-electron chi connectivity index (χ2n) is 7.61. The first-order valence-corrected chi connectivity index (χ1v) is 12.5. The summed E-state index contributed by atoms with van der Waals surface area (Å²) in [7, 11) is 0. The van der Waals surface area contributed by atoms with Crippen molar-refractivity contribution < 1.29 is 19.1 Å². The number of carbonyl (C=O) groups excluding carboxylic acids is 3. The molecule has 3 aromatic carbocycles. The lowest BCUT2D eigenvalue weighted by molar-refractivity contribution is -0.122. The van der Waals surface area contributed by atoms with Gasteiger partial charge in [-0.25, -0.2) is 9.69 Å². The van der Waals surface area contributed by atoms with E-state index in [0.29, 0.717) is 30.3 Å². The maximum atomic E-state index is 13.3. The molecule has 1 heterocycles. The smallest absolute Gasteiger partial charge is 0.335 e. The van der Waals surface area contributed by atoms with Crippen molar-refractivity contribution in [3.8, 4) is 5.75 Å². The standard InChI is InChI=1S/C25H16Br2Cl2N2O4/c1-13-2-7-18(11-21(13)29)31-24(33)19(23(32)30-25(31)34)9-15-8-16(26)10-20(27)22(15)35-12-14-3-5-17(28)6-4-14/h2-11H,12H2,1H3,(H,30,32,34)/b19-9+. The highest BCUT2D eigenvalue weighted by atomic mass is 79.9. The van der Waals surface area contributed by atoms with Crippen LogP contribution in [0.2, 0.25) is 10.0 Å². The van der Waals surface area contributed by atoms with Crippen molar-refractivity contribution in [1.82, 2.24) is 5.32 Å². The molecule has 0 spiro atoms. The summed E-state index contributed by atoms with van der Waals surface area (Å²) in [5.74, 6) is -1.18. The molecule has 1 aliphatic rings. The topological polar surface area (TPSA) is 75.7 Å². The van der Waals surface area contributed by atoms with Crippen LogP contribution in [0.15, 0.2) is 69.1 Å². The number of ether oxygens (including phenoxy) is 1. The van der Waals surface area contributed by atoms with E-state index in [1.165, 1.54) is 12.1 Å². The van der Waals surface area contributed by atoms with Gasteiger partial charge in [0, 0.05) is 20.1 Å². The Balaban J connectivity index is 1.71. The molecule has 0 radical (unpaired) electrons. The van der Waals surface area contributed by atoms with Crippen LogP contribution in [0, 0.1) is 6.92 Å². The molecule has 1 N–H and O–H groups in total. The summed E-state index contributed by atoms with van der Waals surface area (Å²) in [6.07, 6.45) is 1.39. The Morgan fingerprint density at radius 2 is 1.71 bits per heavy atom. The van der Waals surface area contributed by atoms with Crippen LogP contribution in [0.25, 0.3) is 6.08 Å². The number of amides is 4. The molecule has 1 aliphatic heterocycles. The Hall–Kier alpha value is -2.65. The highest BCUT2D eigenvalue weighted by Crippen LogP contribution is 2.36. The van der Waals surface area contributed by atoms with E-state index in [0.717, 1.165) is 16.0 Å². The highest BCUT2D eigenvalue weighted by Gasteiger charge is 2.37. The van der Waals surface area contributed by atoms with E-state index in [4.69, 9.17) is 27.9 Å². The Kier molecular flexibility index (Phi) is 7.66. The maximum Gasteiger partial charge on any atom is 0.335 e. The van der Waals surface area contributed by atoms with Gasteiger partial charge in [-0.15, -0.1) is 0 Å². The molecule has 0 bridgehead atoms. The summed E-state index contributed by atoms with van der Waals surface area (Å²) in [4.78, 5) is 39.4. The number of barbiturate groups is 1. The third-order valence-electron chi connectivity index (χ3n) is 5.15. The number of urea groups is 1. The van der Waals surface area contributed by atoms with Crippen LogP contribution in [0.5, 0.6) is 5.75 Å². The molecule has 4 amide bonds. The van der Waals surface area contributed by atoms with Crippen molar-refractivity contribution in [2.24, 2.45) is 0 Å². The molecule has 0 saturated carbocycles. The van der Waals surface area contributed by atoms with Crippen LogP contribution in [-0.4, -0.2) is 17.8 Å². The summed E-state index contributed by atoms with van der Waals surface area (Å²) in [6, 6.07) is 14.6. The Bertz CT molecular complexity index is 1390. The molecule has 3 aromatic rings. The zero-order valence-corrected chi connectivity index (χ0v) is 22.8. The van der Waals surface area contributed by atoms with E-state index < -0.39 is 17.8 Å². The molecule has 10 heteroatoms. The van der Waals surface area contributed by atoms with Crippen molar-refractivity contribution in [3.63, 3.8) is 0 Å².